The van der Waals surface area contributed by atoms with E-state index in [0.29, 0.717) is 46.7 Å². The predicted octanol–water partition coefficient (Wildman–Crippen LogP) is 3.01. The third-order valence-corrected chi connectivity index (χ3v) is 4.24. The standard InChI is InChI=1S/C18H16F3N3O4/c1-9-7-13-14(23-24(6-2-5-22)15(13)16(25)26)11-4-3-10(8-12(9)11)28-17(27)18(19,20)21/h3-4,7-8H,2,5-6,22H2,1H3,(H,25,26). The lowest BCUT2D eigenvalue weighted by atomic mass is 10.0. The normalized spacial score (nSPS) is 11.9. The highest BCUT2D eigenvalue weighted by Crippen LogP contribution is 2.33. The van der Waals surface area contributed by atoms with E-state index in [0.717, 1.165) is 0 Å². The van der Waals surface area contributed by atoms with Crippen LogP contribution in [0.2, 0.25) is 0 Å². The molecular weight excluding hydrogens is 379 g/mol. The zero-order valence-corrected chi connectivity index (χ0v) is 14.7. The van der Waals surface area contributed by atoms with Crippen LogP contribution in [-0.4, -0.2) is 39.5 Å². The number of nitrogens with zero attached hydrogens (tertiary/aromatic N) is 2. The molecule has 7 nitrogen and oxygen atoms in total. The van der Waals surface area contributed by atoms with Crippen LogP contribution in [0.15, 0.2) is 24.3 Å². The van der Waals surface area contributed by atoms with E-state index in [2.05, 4.69) is 9.84 Å². The molecule has 3 rings (SSSR count). The molecule has 0 saturated carbocycles. The zero-order chi connectivity index (χ0) is 20.6. The number of rotatable bonds is 5. The Kier molecular flexibility index (Phi) is 4.99. The maximum absolute atomic E-state index is 12.4. The largest absolute Gasteiger partial charge is 0.491 e. The van der Waals surface area contributed by atoms with Gasteiger partial charge in [0, 0.05) is 17.3 Å². The Bertz CT molecular complexity index is 1090. The van der Waals surface area contributed by atoms with Crippen molar-refractivity contribution in [2.75, 3.05) is 6.54 Å². The maximum atomic E-state index is 12.4. The number of hydrogen-bond donors (Lipinski definition) is 2. The van der Waals surface area contributed by atoms with Crippen LogP contribution in [0, 0.1) is 6.92 Å². The Balaban J connectivity index is 2.16. The fourth-order valence-electron chi connectivity index (χ4n) is 3.02. The van der Waals surface area contributed by atoms with Gasteiger partial charge in [0.05, 0.1) is 0 Å². The summed E-state index contributed by atoms with van der Waals surface area (Å²) < 4.78 is 43.0. The molecule has 0 aliphatic rings. The number of aryl methyl sites for hydroxylation is 2. The summed E-state index contributed by atoms with van der Waals surface area (Å²) in [4.78, 5) is 22.8. The van der Waals surface area contributed by atoms with Crippen LogP contribution in [0.4, 0.5) is 13.2 Å². The van der Waals surface area contributed by atoms with Gasteiger partial charge in [-0.2, -0.15) is 18.3 Å². The number of benzene rings is 2. The van der Waals surface area contributed by atoms with Crippen molar-refractivity contribution in [3.05, 3.63) is 35.5 Å². The maximum Gasteiger partial charge on any atom is 0.491 e. The van der Waals surface area contributed by atoms with Crippen LogP contribution < -0.4 is 10.5 Å². The van der Waals surface area contributed by atoms with E-state index in [1.807, 2.05) is 0 Å². The molecule has 10 heteroatoms. The highest BCUT2D eigenvalue weighted by atomic mass is 19.4. The number of aromatic nitrogens is 2. The number of aromatic carboxylic acids is 1. The van der Waals surface area contributed by atoms with E-state index < -0.39 is 18.1 Å². The van der Waals surface area contributed by atoms with Crippen LogP contribution in [-0.2, 0) is 11.3 Å². The molecule has 0 amide bonds. The molecule has 3 N–H and O–H groups in total. The molecular formula is C18H16F3N3O4. The van der Waals surface area contributed by atoms with Crippen molar-refractivity contribution in [1.82, 2.24) is 9.78 Å². The van der Waals surface area contributed by atoms with Gasteiger partial charge in [-0.3, -0.25) is 4.68 Å². The van der Waals surface area contributed by atoms with Gasteiger partial charge in [0.1, 0.15) is 11.3 Å². The summed E-state index contributed by atoms with van der Waals surface area (Å²) in [6, 6.07) is 5.56. The minimum atomic E-state index is -5.11. The summed E-state index contributed by atoms with van der Waals surface area (Å²) in [7, 11) is 0. The van der Waals surface area contributed by atoms with Crippen molar-refractivity contribution in [1.29, 1.82) is 0 Å². The van der Waals surface area contributed by atoms with Gasteiger partial charge in [0.15, 0.2) is 5.69 Å². The van der Waals surface area contributed by atoms with Gasteiger partial charge < -0.3 is 15.6 Å². The molecule has 0 radical (unpaired) electrons. The van der Waals surface area contributed by atoms with Crippen LogP contribution >= 0.6 is 0 Å². The van der Waals surface area contributed by atoms with Crippen LogP contribution in [0.5, 0.6) is 5.75 Å². The summed E-state index contributed by atoms with van der Waals surface area (Å²) >= 11 is 0. The van der Waals surface area contributed by atoms with Crippen LogP contribution in [0.1, 0.15) is 22.5 Å². The Hall–Kier alpha value is -3.14. The van der Waals surface area contributed by atoms with Crippen LogP contribution in [0.25, 0.3) is 21.7 Å². The number of carbonyl (C=O) groups excluding carboxylic acids is 1. The topological polar surface area (TPSA) is 107 Å². The minimum absolute atomic E-state index is 0.0148. The number of nitrogens with two attached hydrogens (primary N) is 1. The van der Waals surface area contributed by atoms with Crippen molar-refractivity contribution in [2.45, 2.75) is 26.1 Å². The molecule has 0 aliphatic heterocycles. The van der Waals surface area contributed by atoms with Crippen molar-refractivity contribution in [3.63, 3.8) is 0 Å². The summed E-state index contributed by atoms with van der Waals surface area (Å²) in [5.74, 6) is -3.72. The molecule has 2 aromatic carbocycles. The third kappa shape index (κ3) is 3.50. The molecule has 3 aromatic rings. The highest BCUT2D eigenvalue weighted by molar-refractivity contribution is 6.13. The Morgan fingerprint density at radius 3 is 2.54 bits per heavy atom. The molecule has 0 saturated heterocycles. The number of carbonyl (C=O) groups is 2. The first-order valence-electron chi connectivity index (χ1n) is 8.29. The van der Waals surface area contributed by atoms with Crippen molar-refractivity contribution >= 4 is 33.6 Å². The summed E-state index contributed by atoms with van der Waals surface area (Å²) in [6.07, 6.45) is -4.57. The van der Waals surface area contributed by atoms with Gasteiger partial charge in [-0.05, 0) is 55.1 Å². The number of esters is 1. The van der Waals surface area contributed by atoms with Crippen molar-refractivity contribution < 1.29 is 32.6 Å². The Morgan fingerprint density at radius 2 is 1.93 bits per heavy atom. The van der Waals surface area contributed by atoms with Crippen molar-refractivity contribution in [3.8, 4) is 5.75 Å². The number of carboxylic acid groups (broad SMARTS) is 1. The van der Waals surface area contributed by atoms with E-state index in [1.165, 1.54) is 22.9 Å². The Morgan fingerprint density at radius 1 is 1.21 bits per heavy atom. The van der Waals surface area contributed by atoms with E-state index in [9.17, 15) is 27.9 Å². The lowest BCUT2D eigenvalue weighted by molar-refractivity contribution is -0.189. The molecule has 0 unspecified atom stereocenters. The van der Waals surface area contributed by atoms with E-state index >= 15 is 0 Å². The number of alkyl halides is 3. The third-order valence-electron chi connectivity index (χ3n) is 4.24. The first-order chi connectivity index (χ1) is 13.1. The molecule has 28 heavy (non-hydrogen) atoms. The average Bonchev–Trinajstić information content (AvgIpc) is 2.97. The predicted molar refractivity (Wildman–Crippen MR) is 94.3 cm³/mol. The number of carboxylic acids is 1. The van der Waals surface area contributed by atoms with Gasteiger partial charge in [-0.1, -0.05) is 0 Å². The molecule has 0 atom stereocenters. The summed E-state index contributed by atoms with van der Waals surface area (Å²) in [5.41, 5.74) is 6.50. The second-order valence-electron chi connectivity index (χ2n) is 6.20. The molecule has 0 aliphatic carbocycles. The molecule has 0 bridgehead atoms. The molecule has 148 valence electrons. The number of hydrogen-bond acceptors (Lipinski definition) is 5. The first kappa shape index (κ1) is 19.6. The van der Waals surface area contributed by atoms with Gasteiger partial charge in [0.25, 0.3) is 0 Å². The van der Waals surface area contributed by atoms with Gasteiger partial charge in [-0.25, -0.2) is 9.59 Å². The van der Waals surface area contributed by atoms with Crippen LogP contribution in [0.3, 0.4) is 0 Å². The summed E-state index contributed by atoms with van der Waals surface area (Å²) in [6.45, 7) is 2.36. The number of fused-ring (bicyclic) bond motifs is 3. The Labute approximate surface area is 156 Å². The van der Waals surface area contributed by atoms with Crippen molar-refractivity contribution in [2.24, 2.45) is 5.73 Å². The second kappa shape index (κ2) is 7.12. The second-order valence-corrected chi connectivity index (χ2v) is 6.20. The smallest absolute Gasteiger partial charge is 0.477 e. The molecule has 0 fully saturated rings. The number of halogens is 3. The molecule has 0 spiro atoms. The fraction of sp³-hybridized carbons (Fsp3) is 0.278. The summed E-state index contributed by atoms with van der Waals surface area (Å²) in [5, 5.41) is 15.4. The minimum Gasteiger partial charge on any atom is -0.477 e. The van der Waals surface area contributed by atoms with E-state index in [1.54, 1.807) is 13.0 Å². The quantitative estimate of drug-likeness (QED) is 0.508. The van der Waals surface area contributed by atoms with Gasteiger partial charge >= 0.3 is 18.1 Å². The van der Waals surface area contributed by atoms with Gasteiger partial charge in [-0.15, -0.1) is 0 Å². The lowest BCUT2D eigenvalue weighted by Gasteiger charge is -2.09. The van der Waals surface area contributed by atoms with Gasteiger partial charge in [0.2, 0.25) is 0 Å². The average molecular weight is 395 g/mol. The monoisotopic (exact) mass is 395 g/mol. The lowest BCUT2D eigenvalue weighted by Crippen LogP contribution is -2.27. The SMILES string of the molecule is Cc1cc2c(C(=O)O)n(CCCN)nc2c2ccc(OC(=O)C(F)(F)F)cc12. The molecule has 1 heterocycles. The van der Waals surface area contributed by atoms with E-state index in [4.69, 9.17) is 5.73 Å². The molecule has 1 aromatic heterocycles. The van der Waals surface area contributed by atoms with E-state index in [-0.39, 0.29) is 11.4 Å². The first-order valence-corrected chi connectivity index (χ1v) is 8.29. The highest BCUT2D eigenvalue weighted by Gasteiger charge is 2.41. The number of ether oxygens (including phenoxy) is 1. The fourth-order valence-corrected chi connectivity index (χ4v) is 3.02. The zero-order valence-electron chi connectivity index (χ0n) is 14.7.